The summed E-state index contributed by atoms with van der Waals surface area (Å²) in [7, 11) is 0. The summed E-state index contributed by atoms with van der Waals surface area (Å²) in [6.07, 6.45) is 1.37. The van der Waals surface area contributed by atoms with Crippen molar-refractivity contribution in [2.45, 2.75) is 6.10 Å². The van der Waals surface area contributed by atoms with Crippen LogP contribution < -0.4 is 0 Å². The Bertz CT molecular complexity index is 303. The van der Waals surface area contributed by atoms with E-state index < -0.39 is 12.1 Å². The van der Waals surface area contributed by atoms with Crippen molar-refractivity contribution < 1.29 is 15.0 Å². The van der Waals surface area contributed by atoms with E-state index in [0.717, 1.165) is 5.56 Å². The molecule has 0 saturated heterocycles. The van der Waals surface area contributed by atoms with Gasteiger partial charge in [-0.15, -0.1) is 0 Å². The Morgan fingerprint density at radius 2 is 1.92 bits per heavy atom. The number of aliphatic hydroxyl groups is 1. The van der Waals surface area contributed by atoms with Gasteiger partial charge in [0.25, 0.3) is 0 Å². The molecular formula is C10H10O3. The highest BCUT2D eigenvalue weighted by Crippen LogP contribution is 2.01. The van der Waals surface area contributed by atoms with E-state index in [1.165, 1.54) is 6.08 Å². The van der Waals surface area contributed by atoms with Gasteiger partial charge in [0.05, 0.1) is 0 Å². The molecule has 1 aromatic rings. The number of carboxylic acid groups (broad SMARTS) is 1. The van der Waals surface area contributed by atoms with Gasteiger partial charge in [-0.3, -0.25) is 0 Å². The van der Waals surface area contributed by atoms with Crippen LogP contribution in [0.3, 0.4) is 0 Å². The summed E-state index contributed by atoms with van der Waals surface area (Å²) in [5.74, 6) is -1.24. The fourth-order valence-electron chi connectivity index (χ4n) is 0.849. The summed E-state index contributed by atoms with van der Waals surface area (Å²) in [5.41, 5.74) is 0.864. The number of benzene rings is 1. The number of aliphatic carboxylic acids is 1. The van der Waals surface area contributed by atoms with Crippen molar-refractivity contribution in [3.63, 3.8) is 0 Å². The first kappa shape index (κ1) is 9.48. The molecule has 0 amide bonds. The summed E-state index contributed by atoms with van der Waals surface area (Å²) in [6.45, 7) is 0. The van der Waals surface area contributed by atoms with Gasteiger partial charge in [-0.2, -0.15) is 0 Å². The zero-order valence-corrected chi connectivity index (χ0v) is 6.92. The summed E-state index contributed by atoms with van der Waals surface area (Å²) in [5, 5.41) is 17.3. The van der Waals surface area contributed by atoms with Crippen LogP contribution in [-0.4, -0.2) is 22.3 Å². The van der Waals surface area contributed by atoms with Crippen molar-refractivity contribution in [3.05, 3.63) is 42.0 Å². The van der Waals surface area contributed by atoms with Crippen LogP contribution in [0.2, 0.25) is 0 Å². The maximum Gasteiger partial charge on any atom is 0.336 e. The molecular weight excluding hydrogens is 168 g/mol. The van der Waals surface area contributed by atoms with Gasteiger partial charge < -0.3 is 10.2 Å². The average molecular weight is 178 g/mol. The topological polar surface area (TPSA) is 57.5 Å². The van der Waals surface area contributed by atoms with Crippen LogP contribution in [0.4, 0.5) is 0 Å². The third-order valence-electron chi connectivity index (χ3n) is 1.52. The number of carboxylic acids is 1. The molecule has 0 unspecified atom stereocenters. The number of aliphatic hydroxyl groups excluding tert-OH is 1. The molecule has 1 atom stereocenters. The van der Waals surface area contributed by atoms with E-state index >= 15 is 0 Å². The zero-order chi connectivity index (χ0) is 9.68. The lowest BCUT2D eigenvalue weighted by molar-refractivity contribution is -0.143. The number of hydrogen-bond acceptors (Lipinski definition) is 2. The Morgan fingerprint density at radius 3 is 2.46 bits per heavy atom. The van der Waals surface area contributed by atoms with Crippen molar-refractivity contribution in [2.75, 3.05) is 0 Å². The summed E-state index contributed by atoms with van der Waals surface area (Å²) in [4.78, 5) is 10.2. The van der Waals surface area contributed by atoms with Gasteiger partial charge in [0.1, 0.15) is 0 Å². The van der Waals surface area contributed by atoms with E-state index in [-0.39, 0.29) is 0 Å². The molecule has 0 saturated carbocycles. The molecule has 3 nitrogen and oxygen atoms in total. The molecule has 1 aromatic carbocycles. The predicted molar refractivity (Wildman–Crippen MR) is 49.1 cm³/mol. The maximum absolute atomic E-state index is 10.2. The first-order valence-corrected chi connectivity index (χ1v) is 3.84. The van der Waals surface area contributed by atoms with Crippen LogP contribution in [0.5, 0.6) is 0 Å². The lowest BCUT2D eigenvalue weighted by Crippen LogP contribution is -2.15. The van der Waals surface area contributed by atoms with Gasteiger partial charge in [0, 0.05) is 0 Å². The minimum Gasteiger partial charge on any atom is -0.479 e. The SMILES string of the molecule is O=C(O)[C@@H](O)C=Cc1ccccc1. The van der Waals surface area contributed by atoms with Crippen LogP contribution in [0.25, 0.3) is 6.08 Å². The lowest BCUT2D eigenvalue weighted by atomic mass is 10.2. The molecule has 0 radical (unpaired) electrons. The Kier molecular flexibility index (Phi) is 3.23. The molecule has 0 fully saturated rings. The van der Waals surface area contributed by atoms with Gasteiger partial charge in [-0.25, -0.2) is 4.79 Å². The molecule has 1 rings (SSSR count). The van der Waals surface area contributed by atoms with E-state index in [1.807, 2.05) is 30.3 Å². The molecule has 0 bridgehead atoms. The molecule has 0 aliphatic rings. The Morgan fingerprint density at radius 1 is 1.31 bits per heavy atom. The summed E-state index contributed by atoms with van der Waals surface area (Å²) < 4.78 is 0. The quantitative estimate of drug-likeness (QED) is 0.729. The van der Waals surface area contributed by atoms with Gasteiger partial charge >= 0.3 is 5.97 Å². The molecule has 0 aliphatic carbocycles. The monoisotopic (exact) mass is 178 g/mol. The summed E-state index contributed by atoms with van der Waals surface area (Å²) >= 11 is 0. The van der Waals surface area contributed by atoms with Crippen LogP contribution in [0.1, 0.15) is 5.56 Å². The van der Waals surface area contributed by atoms with Crippen molar-refractivity contribution in [1.29, 1.82) is 0 Å². The second-order valence-corrected chi connectivity index (χ2v) is 2.55. The van der Waals surface area contributed by atoms with E-state index in [2.05, 4.69) is 0 Å². The second kappa shape index (κ2) is 4.42. The highest BCUT2D eigenvalue weighted by atomic mass is 16.4. The van der Waals surface area contributed by atoms with Gasteiger partial charge in [0.2, 0.25) is 0 Å². The molecule has 3 heteroatoms. The molecule has 13 heavy (non-hydrogen) atoms. The van der Waals surface area contributed by atoms with Crippen molar-refractivity contribution in [3.8, 4) is 0 Å². The minimum absolute atomic E-state index is 0.864. The lowest BCUT2D eigenvalue weighted by Gasteiger charge is -1.96. The average Bonchev–Trinajstić information content (AvgIpc) is 2.15. The predicted octanol–water partition coefficient (Wildman–Crippen LogP) is 1.15. The van der Waals surface area contributed by atoms with Crippen LogP contribution in [0, 0.1) is 0 Å². The summed E-state index contributed by atoms with van der Waals surface area (Å²) in [6, 6.07) is 9.20. The van der Waals surface area contributed by atoms with Crippen molar-refractivity contribution in [2.24, 2.45) is 0 Å². The third-order valence-corrected chi connectivity index (χ3v) is 1.52. The maximum atomic E-state index is 10.2. The van der Waals surface area contributed by atoms with Crippen molar-refractivity contribution in [1.82, 2.24) is 0 Å². The van der Waals surface area contributed by atoms with E-state index in [4.69, 9.17) is 10.2 Å². The Hall–Kier alpha value is -1.61. The van der Waals surface area contributed by atoms with Crippen molar-refractivity contribution >= 4 is 12.0 Å². The molecule has 0 spiro atoms. The van der Waals surface area contributed by atoms with Gasteiger partial charge in [-0.1, -0.05) is 36.4 Å². The molecule has 0 aliphatic heterocycles. The van der Waals surface area contributed by atoms with Crippen LogP contribution in [0.15, 0.2) is 36.4 Å². The zero-order valence-electron chi connectivity index (χ0n) is 6.92. The molecule has 2 N–H and O–H groups in total. The van der Waals surface area contributed by atoms with E-state index in [1.54, 1.807) is 6.08 Å². The normalized spacial score (nSPS) is 13.0. The van der Waals surface area contributed by atoms with Crippen LogP contribution >= 0.6 is 0 Å². The second-order valence-electron chi connectivity index (χ2n) is 2.55. The van der Waals surface area contributed by atoms with E-state index in [9.17, 15) is 4.79 Å². The Balaban J connectivity index is 2.64. The van der Waals surface area contributed by atoms with Gasteiger partial charge in [-0.05, 0) is 11.6 Å². The first-order chi connectivity index (χ1) is 6.20. The minimum atomic E-state index is -1.43. The highest BCUT2D eigenvalue weighted by Gasteiger charge is 2.06. The van der Waals surface area contributed by atoms with E-state index in [0.29, 0.717) is 0 Å². The standard InChI is InChI=1S/C10H10O3/c11-9(10(12)13)7-6-8-4-2-1-3-5-8/h1-7,9,11H,(H,12,13)/t9-/m0/s1. The number of rotatable bonds is 3. The number of hydrogen-bond donors (Lipinski definition) is 2. The Labute approximate surface area is 76.0 Å². The first-order valence-electron chi connectivity index (χ1n) is 3.84. The molecule has 0 heterocycles. The largest absolute Gasteiger partial charge is 0.479 e. The smallest absolute Gasteiger partial charge is 0.336 e. The fraction of sp³-hybridized carbons (Fsp3) is 0.100. The van der Waals surface area contributed by atoms with Gasteiger partial charge in [0.15, 0.2) is 6.10 Å². The fourth-order valence-corrected chi connectivity index (χ4v) is 0.849. The van der Waals surface area contributed by atoms with Crippen LogP contribution in [-0.2, 0) is 4.79 Å². The molecule has 0 aromatic heterocycles. The highest BCUT2D eigenvalue weighted by molar-refractivity contribution is 5.75. The molecule has 68 valence electrons. The number of carbonyl (C=O) groups is 1. The third kappa shape index (κ3) is 3.09.